The van der Waals surface area contributed by atoms with E-state index in [0.717, 1.165) is 6.20 Å². The molecule has 0 amide bonds. The Kier molecular flexibility index (Phi) is 2.89. The predicted molar refractivity (Wildman–Crippen MR) is 47.3 cm³/mol. The Hall–Kier alpha value is -0.660. The summed E-state index contributed by atoms with van der Waals surface area (Å²) < 4.78 is 36.4. The van der Waals surface area contributed by atoms with E-state index in [-0.39, 0.29) is 9.13 Å². The minimum absolute atomic E-state index is 0.00271. The van der Waals surface area contributed by atoms with Crippen LogP contribution in [0.3, 0.4) is 0 Å². The number of pyridine rings is 1. The fourth-order valence-corrected chi connectivity index (χ4v) is 1.50. The normalized spacial score (nSPS) is 11.4. The van der Waals surface area contributed by atoms with Crippen molar-refractivity contribution in [2.24, 2.45) is 0 Å². The predicted octanol–water partition coefficient (Wildman–Crippen LogP) is 2.52. The van der Waals surface area contributed by atoms with Gasteiger partial charge >= 0.3 is 6.18 Å². The summed E-state index contributed by atoms with van der Waals surface area (Å²) in [5.41, 5.74) is -1.01. The number of nitrogens with zero attached hydrogens (tertiary/aromatic N) is 1. The second-order valence-electron chi connectivity index (χ2n) is 2.18. The number of carbonyl (C=O) groups excluding carboxylic acids is 1. The van der Waals surface area contributed by atoms with E-state index in [1.54, 1.807) is 0 Å². The molecular weight excluding hydrogens is 298 g/mol. The van der Waals surface area contributed by atoms with Crippen molar-refractivity contribution in [2.75, 3.05) is 0 Å². The Bertz CT molecular complexity index is 337. The molecule has 2 nitrogen and oxygen atoms in total. The SMILES string of the molecule is O=Cc1ccnc(C(F)(F)F)c1I. The molecule has 1 heterocycles. The molecular formula is C7H3F3INO. The fraction of sp³-hybridized carbons (Fsp3) is 0.143. The van der Waals surface area contributed by atoms with Crippen LogP contribution in [0.1, 0.15) is 16.1 Å². The molecule has 70 valence electrons. The van der Waals surface area contributed by atoms with Gasteiger partial charge in [-0.25, -0.2) is 0 Å². The first-order valence-corrected chi connectivity index (χ1v) is 4.21. The van der Waals surface area contributed by atoms with Gasteiger partial charge in [0.2, 0.25) is 0 Å². The molecule has 0 aromatic carbocycles. The zero-order valence-corrected chi connectivity index (χ0v) is 8.26. The van der Waals surface area contributed by atoms with Crippen molar-refractivity contribution in [2.45, 2.75) is 6.18 Å². The molecule has 0 N–H and O–H groups in total. The van der Waals surface area contributed by atoms with Crippen LogP contribution >= 0.6 is 22.6 Å². The number of hydrogen-bond donors (Lipinski definition) is 0. The van der Waals surface area contributed by atoms with E-state index in [1.807, 2.05) is 0 Å². The summed E-state index contributed by atoms with van der Waals surface area (Å²) in [5.74, 6) is 0. The summed E-state index contributed by atoms with van der Waals surface area (Å²) in [6, 6.07) is 1.24. The lowest BCUT2D eigenvalue weighted by Crippen LogP contribution is -2.11. The molecule has 0 atom stereocenters. The molecule has 1 aromatic heterocycles. The van der Waals surface area contributed by atoms with Crippen LogP contribution in [0, 0.1) is 3.57 Å². The van der Waals surface area contributed by atoms with Gasteiger partial charge in [-0.15, -0.1) is 0 Å². The van der Waals surface area contributed by atoms with Gasteiger partial charge in [-0.05, 0) is 28.7 Å². The summed E-state index contributed by atoms with van der Waals surface area (Å²) in [6.07, 6.45) is -3.16. The van der Waals surface area contributed by atoms with Crippen molar-refractivity contribution in [1.29, 1.82) is 0 Å². The highest BCUT2D eigenvalue weighted by Gasteiger charge is 2.35. The molecule has 0 spiro atoms. The highest BCUT2D eigenvalue weighted by molar-refractivity contribution is 14.1. The van der Waals surface area contributed by atoms with E-state index >= 15 is 0 Å². The molecule has 0 aliphatic carbocycles. The van der Waals surface area contributed by atoms with E-state index in [1.165, 1.54) is 28.7 Å². The molecule has 0 unspecified atom stereocenters. The number of aromatic nitrogens is 1. The van der Waals surface area contributed by atoms with E-state index in [9.17, 15) is 18.0 Å². The van der Waals surface area contributed by atoms with Gasteiger partial charge in [0.15, 0.2) is 12.0 Å². The van der Waals surface area contributed by atoms with Crippen LogP contribution < -0.4 is 0 Å². The van der Waals surface area contributed by atoms with Crippen molar-refractivity contribution in [1.82, 2.24) is 4.98 Å². The maximum atomic E-state index is 12.2. The lowest BCUT2D eigenvalue weighted by molar-refractivity contribution is -0.141. The zero-order chi connectivity index (χ0) is 10.1. The van der Waals surface area contributed by atoms with Gasteiger partial charge in [0.05, 0.1) is 3.57 Å². The van der Waals surface area contributed by atoms with Crippen molar-refractivity contribution in [3.05, 3.63) is 27.1 Å². The molecule has 0 saturated carbocycles. The molecule has 1 rings (SSSR count). The molecule has 0 aliphatic rings. The Morgan fingerprint density at radius 1 is 1.46 bits per heavy atom. The third-order valence-corrected chi connectivity index (χ3v) is 2.45. The number of aldehydes is 1. The molecule has 0 aliphatic heterocycles. The Morgan fingerprint density at radius 2 is 2.08 bits per heavy atom. The van der Waals surface area contributed by atoms with Crippen molar-refractivity contribution < 1.29 is 18.0 Å². The van der Waals surface area contributed by atoms with Gasteiger partial charge in [0.1, 0.15) is 0 Å². The number of halogens is 4. The highest BCUT2D eigenvalue weighted by atomic mass is 127. The van der Waals surface area contributed by atoms with Gasteiger partial charge < -0.3 is 0 Å². The maximum Gasteiger partial charge on any atom is 0.434 e. The topological polar surface area (TPSA) is 30.0 Å². The van der Waals surface area contributed by atoms with Crippen LogP contribution in [-0.2, 0) is 6.18 Å². The second kappa shape index (κ2) is 3.60. The van der Waals surface area contributed by atoms with Crippen molar-refractivity contribution >= 4 is 28.9 Å². The molecule has 0 saturated heterocycles. The Labute approximate surface area is 85.3 Å². The lowest BCUT2D eigenvalue weighted by atomic mass is 10.2. The number of hydrogen-bond acceptors (Lipinski definition) is 2. The summed E-state index contributed by atoms with van der Waals surface area (Å²) in [6.45, 7) is 0. The first kappa shape index (κ1) is 10.4. The van der Waals surface area contributed by atoms with Crippen LogP contribution in [-0.4, -0.2) is 11.3 Å². The largest absolute Gasteiger partial charge is 0.434 e. The summed E-state index contributed by atoms with van der Waals surface area (Å²) in [4.78, 5) is 13.5. The van der Waals surface area contributed by atoms with Gasteiger partial charge in [-0.3, -0.25) is 9.78 Å². The maximum absolute atomic E-state index is 12.2. The average Bonchev–Trinajstić information content (AvgIpc) is 2.02. The number of alkyl halides is 3. The van der Waals surface area contributed by atoms with Gasteiger partial charge in [-0.1, -0.05) is 0 Å². The van der Waals surface area contributed by atoms with Crippen LogP contribution in [0.15, 0.2) is 12.3 Å². The minimum Gasteiger partial charge on any atom is -0.298 e. The first-order chi connectivity index (χ1) is 5.96. The zero-order valence-electron chi connectivity index (χ0n) is 6.10. The Balaban J connectivity index is 3.32. The average molecular weight is 301 g/mol. The van der Waals surface area contributed by atoms with Crippen LogP contribution in [0.4, 0.5) is 13.2 Å². The monoisotopic (exact) mass is 301 g/mol. The van der Waals surface area contributed by atoms with E-state index in [0.29, 0.717) is 6.29 Å². The Morgan fingerprint density at radius 3 is 2.54 bits per heavy atom. The minimum atomic E-state index is -4.50. The fourth-order valence-electron chi connectivity index (χ4n) is 0.747. The summed E-state index contributed by atoms with van der Waals surface area (Å²) in [5, 5.41) is 0. The van der Waals surface area contributed by atoms with Gasteiger partial charge in [-0.2, -0.15) is 13.2 Å². The molecule has 1 aromatic rings. The van der Waals surface area contributed by atoms with E-state index in [4.69, 9.17) is 0 Å². The van der Waals surface area contributed by atoms with Crippen molar-refractivity contribution in [3.63, 3.8) is 0 Å². The third-order valence-electron chi connectivity index (χ3n) is 1.31. The molecule has 0 bridgehead atoms. The number of rotatable bonds is 1. The van der Waals surface area contributed by atoms with Gasteiger partial charge in [0, 0.05) is 11.8 Å². The van der Waals surface area contributed by atoms with Crippen LogP contribution in [0.2, 0.25) is 0 Å². The molecule has 6 heteroatoms. The lowest BCUT2D eigenvalue weighted by Gasteiger charge is -2.08. The first-order valence-electron chi connectivity index (χ1n) is 3.13. The standard InChI is InChI=1S/C7H3F3INO/c8-7(9,10)6-5(11)4(3-13)1-2-12-6/h1-3H. The summed E-state index contributed by atoms with van der Waals surface area (Å²) in [7, 11) is 0. The summed E-state index contributed by atoms with van der Waals surface area (Å²) >= 11 is 1.45. The molecule has 13 heavy (non-hydrogen) atoms. The van der Waals surface area contributed by atoms with E-state index in [2.05, 4.69) is 4.98 Å². The van der Waals surface area contributed by atoms with E-state index < -0.39 is 11.9 Å². The van der Waals surface area contributed by atoms with Crippen LogP contribution in [0.25, 0.3) is 0 Å². The second-order valence-corrected chi connectivity index (χ2v) is 3.26. The molecule has 0 radical (unpaired) electrons. The van der Waals surface area contributed by atoms with Gasteiger partial charge in [0.25, 0.3) is 0 Å². The van der Waals surface area contributed by atoms with Crippen molar-refractivity contribution in [3.8, 4) is 0 Å². The third kappa shape index (κ3) is 2.17. The quantitative estimate of drug-likeness (QED) is 0.589. The smallest absolute Gasteiger partial charge is 0.298 e. The van der Waals surface area contributed by atoms with Crippen LogP contribution in [0.5, 0.6) is 0 Å². The number of carbonyl (C=O) groups is 1. The highest BCUT2D eigenvalue weighted by Crippen LogP contribution is 2.31. The molecule has 0 fully saturated rings.